The summed E-state index contributed by atoms with van der Waals surface area (Å²) in [7, 11) is 0. The van der Waals surface area contributed by atoms with Gasteiger partial charge in [-0.2, -0.15) is 0 Å². The van der Waals surface area contributed by atoms with Crippen molar-refractivity contribution in [3.05, 3.63) is 95.8 Å². The summed E-state index contributed by atoms with van der Waals surface area (Å²) in [6, 6.07) is 24.7. The van der Waals surface area contributed by atoms with Gasteiger partial charge in [0.1, 0.15) is 6.17 Å². The van der Waals surface area contributed by atoms with E-state index >= 15 is 0 Å². The molecule has 214 valence electrons. The van der Waals surface area contributed by atoms with Crippen molar-refractivity contribution in [3.63, 3.8) is 0 Å². The Bertz CT molecular complexity index is 1470. The number of aromatic nitrogens is 2. The van der Waals surface area contributed by atoms with Crippen LogP contribution in [-0.2, 0) is 5.41 Å². The maximum Gasteiger partial charge on any atom is 0.178 e. The molecule has 0 saturated heterocycles. The molecule has 2 atom stereocenters. The Morgan fingerprint density at radius 3 is 1.95 bits per heavy atom. The van der Waals surface area contributed by atoms with Crippen molar-refractivity contribution in [2.24, 2.45) is 0 Å². The molecule has 1 aliphatic rings. The summed E-state index contributed by atoms with van der Waals surface area (Å²) in [4.78, 5) is 14.6. The zero-order chi connectivity index (χ0) is 29.3. The van der Waals surface area contributed by atoms with Crippen molar-refractivity contribution in [1.82, 2.24) is 9.97 Å². The normalized spacial score (nSPS) is 16.4. The van der Waals surface area contributed by atoms with Crippen LogP contribution in [0.2, 0.25) is 0 Å². The minimum absolute atomic E-state index is 0.0106. The van der Waals surface area contributed by atoms with Crippen LogP contribution < -0.4 is 9.80 Å². The molecule has 5 rings (SSSR count). The number of hydrogen-bond acceptors (Lipinski definition) is 4. The van der Waals surface area contributed by atoms with Crippen LogP contribution in [0.1, 0.15) is 103 Å². The summed E-state index contributed by atoms with van der Waals surface area (Å²) < 4.78 is 0. The maximum atomic E-state index is 4.95. The lowest BCUT2D eigenvalue weighted by atomic mass is 9.74. The lowest BCUT2D eigenvalue weighted by molar-refractivity contribution is 0.414. The monoisotopic (exact) mass is 546 g/mol. The third-order valence-electron chi connectivity index (χ3n) is 9.05. The smallest absolute Gasteiger partial charge is 0.178 e. The molecule has 4 nitrogen and oxygen atoms in total. The highest BCUT2D eigenvalue weighted by atomic mass is 15.5. The summed E-state index contributed by atoms with van der Waals surface area (Å²) in [5.41, 5.74) is 9.26. The van der Waals surface area contributed by atoms with Crippen LogP contribution in [-0.4, -0.2) is 16.1 Å². The first-order valence-corrected chi connectivity index (χ1v) is 15.4. The van der Waals surface area contributed by atoms with E-state index in [0.717, 1.165) is 36.6 Å². The molecule has 0 bridgehead atoms. The lowest BCUT2D eigenvalue weighted by Crippen LogP contribution is -2.37. The number of hydrogen-bond donors (Lipinski definition) is 0. The van der Waals surface area contributed by atoms with Gasteiger partial charge in [0.15, 0.2) is 11.6 Å². The van der Waals surface area contributed by atoms with Gasteiger partial charge in [0, 0.05) is 23.8 Å². The van der Waals surface area contributed by atoms with E-state index in [2.05, 4.69) is 132 Å². The van der Waals surface area contributed by atoms with E-state index in [1.807, 2.05) is 12.4 Å². The van der Waals surface area contributed by atoms with Crippen molar-refractivity contribution >= 4 is 23.0 Å². The van der Waals surface area contributed by atoms with Gasteiger partial charge in [-0.15, -0.1) is 0 Å². The molecular formula is C37H46N4. The highest BCUT2D eigenvalue weighted by Crippen LogP contribution is 2.50. The minimum atomic E-state index is 0.0106. The quantitative estimate of drug-likeness (QED) is 0.209. The first-order chi connectivity index (χ1) is 19.7. The molecule has 2 unspecified atom stereocenters. The van der Waals surface area contributed by atoms with Crippen LogP contribution in [0, 0.1) is 0 Å². The number of rotatable bonds is 9. The molecule has 41 heavy (non-hydrogen) atoms. The zero-order valence-electron chi connectivity index (χ0n) is 26.1. The number of benzene rings is 3. The van der Waals surface area contributed by atoms with Crippen LogP contribution in [0.3, 0.4) is 0 Å². The van der Waals surface area contributed by atoms with Gasteiger partial charge >= 0.3 is 0 Å². The largest absolute Gasteiger partial charge is 0.302 e. The lowest BCUT2D eigenvalue weighted by Gasteiger charge is -2.36. The fourth-order valence-corrected chi connectivity index (χ4v) is 6.71. The first kappa shape index (κ1) is 28.9. The van der Waals surface area contributed by atoms with Crippen molar-refractivity contribution in [2.45, 2.75) is 98.1 Å². The number of nitrogens with zero attached hydrogens (tertiary/aromatic N) is 4. The predicted octanol–water partition coefficient (Wildman–Crippen LogP) is 10.5. The Kier molecular flexibility index (Phi) is 8.22. The first-order valence-electron chi connectivity index (χ1n) is 15.4. The van der Waals surface area contributed by atoms with Gasteiger partial charge in [-0.1, -0.05) is 103 Å². The summed E-state index contributed by atoms with van der Waals surface area (Å²) in [5.74, 6) is 2.68. The minimum Gasteiger partial charge on any atom is -0.302 e. The topological polar surface area (TPSA) is 32.3 Å². The molecule has 0 saturated carbocycles. The Hall–Kier alpha value is -3.66. The maximum absolute atomic E-state index is 4.95. The SMILES string of the molecule is CCCC(C)(CC)c1ccc(-c2c(C(C)C)cccc2C(C)C)cc1N1c2nccnc2N(c2ccccc2)C1C. The van der Waals surface area contributed by atoms with Crippen molar-refractivity contribution in [1.29, 1.82) is 0 Å². The van der Waals surface area contributed by atoms with Crippen molar-refractivity contribution in [2.75, 3.05) is 9.80 Å². The fraction of sp³-hybridized carbons (Fsp3) is 0.405. The van der Waals surface area contributed by atoms with E-state index in [0.29, 0.717) is 11.8 Å². The van der Waals surface area contributed by atoms with Crippen LogP contribution in [0.15, 0.2) is 79.1 Å². The Morgan fingerprint density at radius 1 is 0.780 bits per heavy atom. The van der Waals surface area contributed by atoms with E-state index in [-0.39, 0.29) is 11.6 Å². The summed E-state index contributed by atoms with van der Waals surface area (Å²) in [5, 5.41) is 0. The van der Waals surface area contributed by atoms with Crippen LogP contribution in [0.5, 0.6) is 0 Å². The third kappa shape index (κ3) is 5.14. The summed E-state index contributed by atoms with van der Waals surface area (Å²) in [6.45, 7) is 18.6. The van der Waals surface area contributed by atoms with E-state index in [1.165, 1.54) is 33.5 Å². The highest BCUT2D eigenvalue weighted by molar-refractivity contribution is 5.87. The molecular weight excluding hydrogens is 500 g/mol. The molecule has 0 fully saturated rings. The second-order valence-corrected chi connectivity index (χ2v) is 12.4. The summed E-state index contributed by atoms with van der Waals surface area (Å²) >= 11 is 0. The van der Waals surface area contributed by atoms with Gasteiger partial charge in [-0.3, -0.25) is 0 Å². The van der Waals surface area contributed by atoms with Gasteiger partial charge in [0.05, 0.1) is 0 Å². The molecule has 0 radical (unpaired) electrons. The van der Waals surface area contributed by atoms with Crippen LogP contribution >= 0.6 is 0 Å². The Labute approximate surface area is 247 Å². The van der Waals surface area contributed by atoms with E-state index in [9.17, 15) is 0 Å². The number of anilines is 4. The fourth-order valence-electron chi connectivity index (χ4n) is 6.71. The van der Waals surface area contributed by atoms with Crippen molar-refractivity contribution < 1.29 is 0 Å². The third-order valence-corrected chi connectivity index (χ3v) is 9.05. The standard InChI is InChI=1S/C37H46N4/c1-9-21-37(8,10-2)32-20-19-28(34-30(25(3)4)17-14-18-31(34)26(5)6)24-33(32)41-27(7)40(29-15-12-11-13-16-29)35-36(41)39-23-22-38-35/h11-20,22-27H,9-10,21H2,1-8H3. The van der Waals surface area contributed by atoms with Gasteiger partial charge in [-0.05, 0) is 83.0 Å². The molecule has 1 aromatic heterocycles. The number of para-hydroxylation sites is 1. The van der Waals surface area contributed by atoms with Crippen LogP contribution in [0.25, 0.3) is 11.1 Å². The molecule has 4 heteroatoms. The molecule has 0 spiro atoms. The molecule has 1 aliphatic heterocycles. The van der Waals surface area contributed by atoms with E-state index in [4.69, 9.17) is 9.97 Å². The van der Waals surface area contributed by atoms with E-state index in [1.54, 1.807) is 0 Å². The predicted molar refractivity (Wildman–Crippen MR) is 175 cm³/mol. The second-order valence-electron chi connectivity index (χ2n) is 12.4. The molecule has 2 heterocycles. The molecule has 4 aromatic rings. The molecule has 3 aromatic carbocycles. The highest BCUT2D eigenvalue weighted by Gasteiger charge is 2.40. The average Bonchev–Trinajstić information content (AvgIpc) is 3.28. The number of fused-ring (bicyclic) bond motifs is 1. The second kappa shape index (κ2) is 11.7. The van der Waals surface area contributed by atoms with Gasteiger partial charge in [-0.25, -0.2) is 9.97 Å². The molecule has 0 N–H and O–H groups in total. The van der Waals surface area contributed by atoms with Gasteiger partial charge in [0.2, 0.25) is 0 Å². The van der Waals surface area contributed by atoms with E-state index < -0.39 is 0 Å². The zero-order valence-corrected chi connectivity index (χ0v) is 26.1. The average molecular weight is 547 g/mol. The van der Waals surface area contributed by atoms with Gasteiger partial charge in [0.25, 0.3) is 0 Å². The Morgan fingerprint density at radius 2 is 1.39 bits per heavy atom. The van der Waals surface area contributed by atoms with Crippen molar-refractivity contribution in [3.8, 4) is 11.1 Å². The van der Waals surface area contributed by atoms with Crippen LogP contribution in [0.4, 0.5) is 23.0 Å². The summed E-state index contributed by atoms with van der Waals surface area (Å²) in [6.07, 6.45) is 6.99. The molecule has 0 amide bonds. The Balaban J connectivity index is 1.79. The van der Waals surface area contributed by atoms with Gasteiger partial charge < -0.3 is 9.80 Å². The molecule has 0 aliphatic carbocycles.